The first-order valence-corrected chi connectivity index (χ1v) is 6.13. The number of hydrogen-bond donors (Lipinski definition) is 1. The summed E-state index contributed by atoms with van der Waals surface area (Å²) < 4.78 is 5.09. The summed E-state index contributed by atoms with van der Waals surface area (Å²) in [4.78, 5) is 21.6. The average molecular weight is 249 g/mol. The number of rotatable bonds is 7. The molecule has 0 bridgehead atoms. The topological polar surface area (TPSA) is 55.4 Å². The summed E-state index contributed by atoms with van der Waals surface area (Å²) in [6.07, 6.45) is 2.56. The highest BCUT2D eigenvalue weighted by Gasteiger charge is 2.07. The van der Waals surface area contributed by atoms with Crippen LogP contribution in [0.1, 0.15) is 31.7 Å². The van der Waals surface area contributed by atoms with Crippen molar-refractivity contribution in [1.29, 1.82) is 0 Å². The third-order valence-electron chi connectivity index (χ3n) is 2.54. The Morgan fingerprint density at radius 1 is 1.39 bits per heavy atom. The van der Waals surface area contributed by atoms with E-state index in [0.717, 1.165) is 24.7 Å². The highest BCUT2D eigenvalue weighted by Crippen LogP contribution is 2.02. The molecule has 1 aromatic rings. The van der Waals surface area contributed by atoms with Crippen LogP contribution in [0.2, 0.25) is 0 Å². The van der Waals surface area contributed by atoms with Crippen LogP contribution in [-0.4, -0.2) is 18.4 Å². The molecule has 0 aliphatic rings. The molecule has 0 fully saturated rings. The lowest BCUT2D eigenvalue weighted by molar-refractivity contribution is -0.107. The monoisotopic (exact) mass is 249 g/mol. The van der Waals surface area contributed by atoms with E-state index in [1.165, 1.54) is 0 Å². The van der Waals surface area contributed by atoms with E-state index >= 15 is 0 Å². The van der Waals surface area contributed by atoms with Gasteiger partial charge in [-0.05, 0) is 25.3 Å². The molecule has 1 N–H and O–H groups in total. The number of benzene rings is 1. The van der Waals surface area contributed by atoms with Gasteiger partial charge in [0.2, 0.25) is 0 Å². The first-order valence-electron chi connectivity index (χ1n) is 6.13. The maximum atomic E-state index is 11.5. The zero-order valence-corrected chi connectivity index (χ0v) is 10.6. The van der Waals surface area contributed by atoms with Gasteiger partial charge in [0.25, 0.3) is 0 Å². The molecule has 4 nitrogen and oxygen atoms in total. The van der Waals surface area contributed by atoms with E-state index in [2.05, 4.69) is 5.32 Å². The largest absolute Gasteiger partial charge is 0.445 e. The van der Waals surface area contributed by atoms with Crippen LogP contribution >= 0.6 is 0 Å². The van der Waals surface area contributed by atoms with Crippen molar-refractivity contribution in [3.63, 3.8) is 0 Å². The highest BCUT2D eigenvalue weighted by molar-refractivity contribution is 5.67. The van der Waals surface area contributed by atoms with E-state index in [-0.39, 0.29) is 12.6 Å². The average Bonchev–Trinajstić information content (AvgIpc) is 2.38. The van der Waals surface area contributed by atoms with E-state index < -0.39 is 6.09 Å². The van der Waals surface area contributed by atoms with Crippen LogP contribution in [0.5, 0.6) is 0 Å². The lowest BCUT2D eigenvalue weighted by Gasteiger charge is -2.13. The number of alkyl carbamates (subject to hydrolysis) is 1. The third-order valence-corrected chi connectivity index (χ3v) is 2.54. The van der Waals surface area contributed by atoms with Crippen molar-refractivity contribution >= 4 is 12.4 Å². The van der Waals surface area contributed by atoms with Crippen molar-refractivity contribution in [2.75, 3.05) is 0 Å². The number of ether oxygens (including phenoxy) is 1. The fourth-order valence-electron chi connectivity index (χ4n) is 1.55. The minimum absolute atomic E-state index is 0.0215. The van der Waals surface area contributed by atoms with Crippen LogP contribution in [0.25, 0.3) is 0 Å². The Bertz CT molecular complexity index is 365. The maximum absolute atomic E-state index is 11.5. The van der Waals surface area contributed by atoms with Crippen molar-refractivity contribution in [3.8, 4) is 0 Å². The van der Waals surface area contributed by atoms with Crippen LogP contribution in [-0.2, 0) is 16.1 Å². The van der Waals surface area contributed by atoms with Gasteiger partial charge in [-0.3, -0.25) is 0 Å². The summed E-state index contributed by atoms with van der Waals surface area (Å²) in [5.74, 6) is 0. The molecule has 0 heterocycles. The summed E-state index contributed by atoms with van der Waals surface area (Å²) in [5, 5.41) is 2.73. The Morgan fingerprint density at radius 3 is 2.78 bits per heavy atom. The van der Waals surface area contributed by atoms with Gasteiger partial charge < -0.3 is 14.8 Å². The Kier molecular flexibility index (Phi) is 6.54. The first-order chi connectivity index (χ1) is 8.72. The van der Waals surface area contributed by atoms with Gasteiger partial charge in [-0.25, -0.2) is 4.79 Å². The molecule has 0 radical (unpaired) electrons. The Balaban J connectivity index is 2.19. The van der Waals surface area contributed by atoms with E-state index in [0.29, 0.717) is 6.42 Å². The van der Waals surface area contributed by atoms with Gasteiger partial charge in [-0.2, -0.15) is 0 Å². The third kappa shape index (κ3) is 6.03. The lowest BCUT2D eigenvalue weighted by atomic mass is 10.1. The van der Waals surface area contributed by atoms with Crippen LogP contribution < -0.4 is 5.32 Å². The van der Waals surface area contributed by atoms with Crippen LogP contribution in [0, 0.1) is 0 Å². The normalized spacial score (nSPS) is 11.6. The minimum atomic E-state index is -0.419. The van der Waals surface area contributed by atoms with Crippen molar-refractivity contribution in [3.05, 3.63) is 35.9 Å². The Morgan fingerprint density at radius 2 is 2.11 bits per heavy atom. The van der Waals surface area contributed by atoms with Crippen LogP contribution in [0.15, 0.2) is 30.3 Å². The second-order valence-electron chi connectivity index (χ2n) is 4.20. The maximum Gasteiger partial charge on any atom is 0.407 e. The number of aldehydes is 1. The number of nitrogens with one attached hydrogen (secondary N) is 1. The van der Waals surface area contributed by atoms with Gasteiger partial charge in [-0.1, -0.05) is 30.3 Å². The minimum Gasteiger partial charge on any atom is -0.445 e. The highest BCUT2D eigenvalue weighted by atomic mass is 16.5. The van der Waals surface area contributed by atoms with Crippen LogP contribution in [0.3, 0.4) is 0 Å². The second-order valence-corrected chi connectivity index (χ2v) is 4.20. The molecule has 0 aliphatic heterocycles. The van der Waals surface area contributed by atoms with Crippen molar-refractivity contribution < 1.29 is 14.3 Å². The molecule has 1 aromatic carbocycles. The molecule has 0 aromatic heterocycles. The zero-order valence-electron chi connectivity index (χ0n) is 10.6. The zero-order chi connectivity index (χ0) is 13.2. The number of carbonyl (C=O) groups is 2. The predicted molar refractivity (Wildman–Crippen MR) is 69.1 cm³/mol. The molecule has 0 spiro atoms. The predicted octanol–water partition coefficient (Wildman–Crippen LogP) is 2.67. The van der Waals surface area contributed by atoms with Gasteiger partial charge in [0.05, 0.1) is 0 Å². The quantitative estimate of drug-likeness (QED) is 0.597. The van der Waals surface area contributed by atoms with Gasteiger partial charge in [0, 0.05) is 12.5 Å². The molecule has 1 rings (SSSR count). The summed E-state index contributed by atoms with van der Waals surface area (Å²) in [7, 11) is 0. The molecule has 0 saturated heterocycles. The summed E-state index contributed by atoms with van der Waals surface area (Å²) in [5.41, 5.74) is 0.959. The number of hydrogen-bond acceptors (Lipinski definition) is 3. The molecular formula is C14H19NO3. The summed E-state index contributed by atoms with van der Waals surface area (Å²) >= 11 is 0. The SMILES string of the molecule is CC(CCCC=O)NC(=O)OCc1ccccc1. The van der Waals surface area contributed by atoms with Crippen molar-refractivity contribution in [1.82, 2.24) is 5.32 Å². The molecular weight excluding hydrogens is 230 g/mol. The van der Waals surface area contributed by atoms with E-state index in [1.807, 2.05) is 37.3 Å². The number of carbonyl (C=O) groups excluding carboxylic acids is 2. The molecule has 0 aliphatic carbocycles. The second kappa shape index (κ2) is 8.28. The van der Waals surface area contributed by atoms with Gasteiger partial charge >= 0.3 is 6.09 Å². The lowest BCUT2D eigenvalue weighted by Crippen LogP contribution is -2.32. The van der Waals surface area contributed by atoms with E-state index in [1.54, 1.807) is 0 Å². The standard InChI is InChI=1S/C14H19NO3/c1-12(7-5-6-10-16)15-14(17)18-11-13-8-3-2-4-9-13/h2-4,8-10,12H,5-7,11H2,1H3,(H,15,17). The fraction of sp³-hybridized carbons (Fsp3) is 0.429. The Hall–Kier alpha value is -1.84. The van der Waals surface area contributed by atoms with Gasteiger partial charge in [0.15, 0.2) is 0 Å². The van der Waals surface area contributed by atoms with E-state index in [4.69, 9.17) is 4.74 Å². The molecule has 0 saturated carbocycles. The molecule has 18 heavy (non-hydrogen) atoms. The summed E-state index contributed by atoms with van der Waals surface area (Å²) in [6.45, 7) is 2.17. The van der Waals surface area contributed by atoms with Gasteiger partial charge in [0.1, 0.15) is 12.9 Å². The Labute approximate surface area is 107 Å². The first kappa shape index (κ1) is 14.2. The van der Waals surface area contributed by atoms with Crippen molar-refractivity contribution in [2.24, 2.45) is 0 Å². The molecule has 1 unspecified atom stereocenters. The fourth-order valence-corrected chi connectivity index (χ4v) is 1.55. The molecule has 98 valence electrons. The van der Waals surface area contributed by atoms with Crippen LogP contribution in [0.4, 0.5) is 4.79 Å². The van der Waals surface area contributed by atoms with E-state index in [9.17, 15) is 9.59 Å². The molecule has 4 heteroatoms. The van der Waals surface area contributed by atoms with Crippen molar-refractivity contribution in [2.45, 2.75) is 38.8 Å². The molecule has 1 atom stereocenters. The molecule has 1 amide bonds. The summed E-state index contributed by atoms with van der Waals surface area (Å²) in [6, 6.07) is 9.55. The smallest absolute Gasteiger partial charge is 0.407 e. The number of amides is 1. The number of unbranched alkanes of at least 4 members (excludes halogenated alkanes) is 1. The van der Waals surface area contributed by atoms with Gasteiger partial charge in [-0.15, -0.1) is 0 Å².